The first-order chi connectivity index (χ1) is 17.4. The number of rotatable bonds is 9. The average Bonchev–Trinajstić information content (AvgIpc) is 2.86. The highest BCUT2D eigenvalue weighted by Crippen LogP contribution is 2.46. The van der Waals surface area contributed by atoms with Crippen LogP contribution in [0.3, 0.4) is 0 Å². The summed E-state index contributed by atoms with van der Waals surface area (Å²) in [7, 11) is 1.32. The lowest BCUT2D eigenvalue weighted by Gasteiger charge is -2.42. The van der Waals surface area contributed by atoms with Crippen molar-refractivity contribution < 1.29 is 24.2 Å². The molecule has 2 aromatic rings. The van der Waals surface area contributed by atoms with E-state index in [0.717, 1.165) is 25.7 Å². The van der Waals surface area contributed by atoms with E-state index in [1.54, 1.807) is 0 Å². The fourth-order valence-electron chi connectivity index (χ4n) is 4.81. The number of nitrogens with zero attached hydrogens (tertiary/aromatic N) is 1. The van der Waals surface area contributed by atoms with Gasteiger partial charge in [-0.2, -0.15) is 0 Å². The third kappa shape index (κ3) is 6.45. The van der Waals surface area contributed by atoms with Gasteiger partial charge in [-0.1, -0.05) is 59.6 Å². The van der Waals surface area contributed by atoms with Gasteiger partial charge in [0.2, 0.25) is 0 Å². The summed E-state index contributed by atoms with van der Waals surface area (Å²) in [6.45, 7) is 10.9. The van der Waals surface area contributed by atoms with Crippen LogP contribution in [0.25, 0.3) is 0 Å². The van der Waals surface area contributed by atoms with Crippen LogP contribution < -0.4 is 5.32 Å². The summed E-state index contributed by atoms with van der Waals surface area (Å²) >= 11 is 0. The molecule has 7 heteroatoms. The van der Waals surface area contributed by atoms with Gasteiger partial charge in [-0.15, -0.1) is 0 Å². The number of unbranched alkanes of at least 4 members (excludes halogenated alkanes) is 1. The highest BCUT2D eigenvalue weighted by atomic mass is 16.5. The van der Waals surface area contributed by atoms with Crippen LogP contribution in [-0.4, -0.2) is 41.8 Å². The number of carboxylic acids is 1. The zero-order chi connectivity index (χ0) is 27.4. The van der Waals surface area contributed by atoms with Crippen molar-refractivity contribution in [3.05, 3.63) is 64.7 Å². The smallest absolute Gasteiger partial charge is 0.335 e. The van der Waals surface area contributed by atoms with E-state index < -0.39 is 23.9 Å². The van der Waals surface area contributed by atoms with E-state index in [-0.39, 0.29) is 22.1 Å². The second-order valence-corrected chi connectivity index (χ2v) is 11.0. The number of amides is 1. The molecule has 0 aliphatic heterocycles. The van der Waals surface area contributed by atoms with Crippen molar-refractivity contribution >= 4 is 29.2 Å². The van der Waals surface area contributed by atoms with E-state index in [9.17, 15) is 14.4 Å². The Bertz CT molecular complexity index is 1190. The zero-order valence-electron chi connectivity index (χ0n) is 22.7. The number of anilines is 1. The third-order valence-electron chi connectivity index (χ3n) is 7.32. The third-order valence-corrected chi connectivity index (χ3v) is 7.32. The van der Waals surface area contributed by atoms with Crippen LogP contribution in [0.2, 0.25) is 0 Å². The second-order valence-electron chi connectivity index (χ2n) is 11.0. The first kappa shape index (κ1) is 28.1. The monoisotopic (exact) mass is 506 g/mol. The maximum Gasteiger partial charge on any atom is 0.335 e. The van der Waals surface area contributed by atoms with Gasteiger partial charge in [0.1, 0.15) is 11.8 Å². The molecule has 0 saturated carbocycles. The summed E-state index contributed by atoms with van der Waals surface area (Å²) in [4.78, 5) is 42.0. The largest absolute Gasteiger partial charge is 0.478 e. The highest BCUT2D eigenvalue weighted by molar-refractivity contribution is 6.49. The average molecular weight is 507 g/mol. The number of benzene rings is 2. The van der Waals surface area contributed by atoms with Crippen LogP contribution >= 0.6 is 0 Å². The van der Waals surface area contributed by atoms with E-state index in [1.807, 2.05) is 19.1 Å². The lowest BCUT2D eigenvalue weighted by Crippen LogP contribution is -2.35. The van der Waals surface area contributed by atoms with Gasteiger partial charge in [0, 0.05) is 11.3 Å². The van der Waals surface area contributed by atoms with E-state index in [4.69, 9.17) is 9.84 Å². The summed E-state index contributed by atoms with van der Waals surface area (Å²) in [6, 6.07) is 11.1. The van der Waals surface area contributed by atoms with Crippen LogP contribution in [0.4, 0.5) is 5.69 Å². The summed E-state index contributed by atoms with van der Waals surface area (Å²) < 4.78 is 5.00. The van der Waals surface area contributed by atoms with Gasteiger partial charge < -0.3 is 15.2 Å². The van der Waals surface area contributed by atoms with Crippen LogP contribution in [-0.2, 0) is 25.2 Å². The number of esters is 1. The predicted molar refractivity (Wildman–Crippen MR) is 146 cm³/mol. The molecular formula is C30H38N2O5. The number of hydrogen-bond donors (Lipinski definition) is 2. The topological polar surface area (TPSA) is 105 Å². The maximum atomic E-state index is 13.6. The Labute approximate surface area is 219 Å². The number of carbonyl (C=O) groups is 3. The first-order valence-electron chi connectivity index (χ1n) is 12.9. The molecule has 1 unspecified atom stereocenters. The Morgan fingerprint density at radius 3 is 2.14 bits per heavy atom. The zero-order valence-corrected chi connectivity index (χ0v) is 22.7. The number of ether oxygens (including phenoxy) is 1. The molecule has 1 atom stereocenters. The van der Waals surface area contributed by atoms with Crippen molar-refractivity contribution in [1.82, 2.24) is 0 Å². The Kier molecular flexibility index (Phi) is 8.57. The van der Waals surface area contributed by atoms with Crippen molar-refractivity contribution in [3.63, 3.8) is 0 Å². The molecular weight excluding hydrogens is 468 g/mol. The Morgan fingerprint density at radius 2 is 1.57 bits per heavy atom. The molecule has 0 bridgehead atoms. The fraction of sp³-hybridized carbons (Fsp3) is 0.467. The van der Waals surface area contributed by atoms with E-state index in [0.29, 0.717) is 17.7 Å². The van der Waals surface area contributed by atoms with E-state index in [1.165, 1.54) is 42.5 Å². The molecule has 1 amide bonds. The molecule has 198 valence electrons. The molecule has 2 N–H and O–H groups in total. The van der Waals surface area contributed by atoms with Gasteiger partial charge in [0.25, 0.3) is 5.91 Å². The molecule has 37 heavy (non-hydrogen) atoms. The van der Waals surface area contributed by atoms with E-state index in [2.05, 4.69) is 44.1 Å². The SMILES string of the molecule is CCCCC(N=C(C(=O)Nc1ccc(C(=O)O)cc1)c1ccc2c(c1)C(C)(C)CCC2(C)C)C(=O)OC. The van der Waals surface area contributed by atoms with Crippen molar-refractivity contribution in [1.29, 1.82) is 0 Å². The molecule has 0 heterocycles. The van der Waals surface area contributed by atoms with Gasteiger partial charge in [-0.3, -0.25) is 9.79 Å². The first-order valence-corrected chi connectivity index (χ1v) is 12.9. The summed E-state index contributed by atoms with van der Waals surface area (Å²) in [5.74, 6) is -2.00. The molecule has 0 radical (unpaired) electrons. The van der Waals surface area contributed by atoms with Gasteiger partial charge in [0.05, 0.1) is 12.7 Å². The van der Waals surface area contributed by atoms with Gasteiger partial charge in [-0.05, 0) is 71.6 Å². The summed E-state index contributed by atoms with van der Waals surface area (Å²) in [5, 5.41) is 12.0. The number of aliphatic imine (C=N–C) groups is 1. The highest BCUT2D eigenvalue weighted by Gasteiger charge is 2.37. The Morgan fingerprint density at radius 1 is 0.973 bits per heavy atom. The molecule has 3 rings (SSSR count). The van der Waals surface area contributed by atoms with Crippen LogP contribution in [0.15, 0.2) is 47.5 Å². The lowest BCUT2D eigenvalue weighted by molar-refractivity contribution is -0.142. The number of carboxylic acid groups (broad SMARTS) is 1. The van der Waals surface area contributed by atoms with Crippen molar-refractivity contribution in [2.75, 3.05) is 12.4 Å². The number of carbonyl (C=O) groups excluding carboxylic acids is 2. The number of fused-ring (bicyclic) bond motifs is 1. The molecule has 0 saturated heterocycles. The molecule has 0 spiro atoms. The number of aromatic carboxylic acids is 1. The summed E-state index contributed by atoms with van der Waals surface area (Å²) in [5.41, 5.74) is 3.72. The normalized spacial score (nSPS) is 16.9. The van der Waals surface area contributed by atoms with Gasteiger partial charge >= 0.3 is 11.9 Å². The van der Waals surface area contributed by atoms with Crippen LogP contribution in [0, 0.1) is 0 Å². The molecule has 1 aliphatic rings. The minimum atomic E-state index is -1.04. The van der Waals surface area contributed by atoms with Crippen LogP contribution in [0.1, 0.15) is 93.8 Å². The number of methoxy groups -OCH3 is 1. The minimum absolute atomic E-state index is 0.0184. The predicted octanol–water partition coefficient (Wildman–Crippen LogP) is 5.89. The van der Waals surface area contributed by atoms with E-state index >= 15 is 0 Å². The number of nitrogens with one attached hydrogen (secondary N) is 1. The fourth-order valence-corrected chi connectivity index (χ4v) is 4.81. The quantitative estimate of drug-likeness (QED) is 0.326. The molecule has 2 aromatic carbocycles. The Hall–Kier alpha value is -3.48. The summed E-state index contributed by atoms with van der Waals surface area (Å²) in [6.07, 6.45) is 4.20. The molecule has 0 aromatic heterocycles. The molecule has 7 nitrogen and oxygen atoms in total. The van der Waals surface area contributed by atoms with Crippen molar-refractivity contribution in [2.24, 2.45) is 4.99 Å². The van der Waals surface area contributed by atoms with Gasteiger partial charge in [-0.25, -0.2) is 9.59 Å². The standard InChI is InChI=1S/C30H38N2O5/c1-7-8-9-24(28(36)37-6)32-25(26(33)31-21-13-10-19(11-14-21)27(34)35)20-12-15-22-23(18-20)30(4,5)17-16-29(22,2)3/h10-15,18,24H,7-9,16-17H2,1-6H3,(H,31,33)(H,34,35). The number of hydrogen-bond acceptors (Lipinski definition) is 5. The maximum absolute atomic E-state index is 13.6. The lowest BCUT2D eigenvalue weighted by atomic mass is 9.63. The second kappa shape index (κ2) is 11.3. The van der Waals surface area contributed by atoms with Crippen molar-refractivity contribution in [3.8, 4) is 0 Å². The minimum Gasteiger partial charge on any atom is -0.478 e. The van der Waals surface area contributed by atoms with Gasteiger partial charge in [0.15, 0.2) is 0 Å². The Balaban J connectivity index is 2.09. The van der Waals surface area contributed by atoms with Crippen LogP contribution in [0.5, 0.6) is 0 Å². The van der Waals surface area contributed by atoms with Crippen molar-refractivity contribution in [2.45, 2.75) is 83.6 Å². The molecule has 1 aliphatic carbocycles. The molecule has 0 fully saturated rings.